The highest BCUT2D eigenvalue weighted by Crippen LogP contribution is 2.17. The fourth-order valence-corrected chi connectivity index (χ4v) is 4.25. The molecule has 0 aromatic heterocycles. The van der Waals surface area contributed by atoms with E-state index in [4.69, 9.17) is 0 Å². The van der Waals surface area contributed by atoms with E-state index in [1.807, 2.05) is 0 Å². The summed E-state index contributed by atoms with van der Waals surface area (Å²) in [5.41, 5.74) is 0. The van der Waals surface area contributed by atoms with Crippen LogP contribution in [0.3, 0.4) is 0 Å². The second-order valence-electron chi connectivity index (χ2n) is 9.62. The van der Waals surface area contributed by atoms with E-state index in [-0.39, 0.29) is 0 Å². The monoisotopic (exact) mass is 370 g/mol. The Morgan fingerprint density at radius 3 is 1.00 bits per heavy atom. The molecule has 0 aromatic carbocycles. The molecule has 0 aromatic rings. The van der Waals surface area contributed by atoms with Gasteiger partial charge in [-0.3, -0.25) is 0 Å². The Bertz CT molecular complexity index is 282. The van der Waals surface area contributed by atoms with E-state index >= 15 is 0 Å². The van der Waals surface area contributed by atoms with Crippen LogP contribution >= 0.6 is 0 Å². The summed E-state index contributed by atoms with van der Waals surface area (Å²) in [4.78, 5) is 0. The number of nitrogens with zero attached hydrogens (tertiary/aromatic N) is 2. The minimum atomic E-state index is 0.838. The third-order valence-corrected chi connectivity index (χ3v) is 7.06. The van der Waals surface area contributed by atoms with Gasteiger partial charge in [0.25, 0.3) is 0 Å². The molecular formula is C24H54N2+2. The van der Waals surface area contributed by atoms with E-state index < -0.39 is 0 Å². The van der Waals surface area contributed by atoms with Gasteiger partial charge in [-0.05, 0) is 78.1 Å². The largest absolute Gasteiger partial charge is 0.324 e. The van der Waals surface area contributed by atoms with Gasteiger partial charge in [0.2, 0.25) is 0 Å². The van der Waals surface area contributed by atoms with Crippen LogP contribution in [0, 0.1) is 11.8 Å². The van der Waals surface area contributed by atoms with Crippen molar-refractivity contribution in [2.45, 2.75) is 93.9 Å². The maximum absolute atomic E-state index is 2.40. The molecule has 0 aliphatic heterocycles. The summed E-state index contributed by atoms with van der Waals surface area (Å²) in [7, 11) is 0. The summed E-state index contributed by atoms with van der Waals surface area (Å²) in [5, 5.41) is 0. The van der Waals surface area contributed by atoms with E-state index in [2.05, 4.69) is 55.4 Å². The smallest absolute Gasteiger partial charge is 0.0788 e. The van der Waals surface area contributed by atoms with Crippen LogP contribution in [-0.4, -0.2) is 61.3 Å². The fourth-order valence-electron chi connectivity index (χ4n) is 4.25. The molecule has 2 heteroatoms. The summed E-state index contributed by atoms with van der Waals surface area (Å²) in [6.07, 6.45) is 8.46. The van der Waals surface area contributed by atoms with E-state index in [1.165, 1.54) is 99.8 Å². The van der Waals surface area contributed by atoms with E-state index in [0.29, 0.717) is 0 Å². The lowest BCUT2D eigenvalue weighted by atomic mass is 10.1. The van der Waals surface area contributed by atoms with Gasteiger partial charge in [-0.25, -0.2) is 0 Å². The van der Waals surface area contributed by atoms with Crippen molar-refractivity contribution in [1.29, 1.82) is 0 Å². The van der Waals surface area contributed by atoms with Crippen molar-refractivity contribution < 1.29 is 8.97 Å². The highest BCUT2D eigenvalue weighted by Gasteiger charge is 2.24. The summed E-state index contributed by atoms with van der Waals surface area (Å²) >= 11 is 0. The molecule has 0 spiro atoms. The third kappa shape index (κ3) is 10.3. The van der Waals surface area contributed by atoms with Crippen LogP contribution in [0.2, 0.25) is 0 Å². The normalized spacial score (nSPS) is 13.2. The molecule has 0 saturated carbocycles. The standard InChI is InChI=1S/C24H54N2/c1-9-25(10-2,21-17-23(5)6)19-15-13-14-16-20-26(11-3,12-4)22-18-24(7)8/h23-24H,9-22H2,1-8H3/q+2. The highest BCUT2D eigenvalue weighted by molar-refractivity contribution is 4.52. The molecule has 0 amide bonds. The molecule has 0 aliphatic carbocycles. The second kappa shape index (κ2) is 14.0. The van der Waals surface area contributed by atoms with Gasteiger partial charge in [0, 0.05) is 0 Å². The first kappa shape index (κ1) is 25.9. The maximum atomic E-state index is 2.40. The Morgan fingerprint density at radius 2 is 0.769 bits per heavy atom. The van der Waals surface area contributed by atoms with Crippen molar-refractivity contribution in [1.82, 2.24) is 0 Å². The number of quaternary nitrogens is 2. The van der Waals surface area contributed by atoms with Gasteiger partial charge in [-0.2, -0.15) is 0 Å². The molecule has 2 nitrogen and oxygen atoms in total. The molecule has 0 N–H and O–H groups in total. The third-order valence-electron chi connectivity index (χ3n) is 7.06. The fraction of sp³-hybridized carbons (Fsp3) is 1.00. The van der Waals surface area contributed by atoms with Crippen molar-refractivity contribution in [3.8, 4) is 0 Å². The molecule has 0 radical (unpaired) electrons. The number of unbranched alkanes of at least 4 members (excludes halogenated alkanes) is 3. The van der Waals surface area contributed by atoms with Crippen molar-refractivity contribution in [2.75, 3.05) is 52.4 Å². The van der Waals surface area contributed by atoms with E-state index in [1.54, 1.807) is 0 Å². The quantitative estimate of drug-likeness (QED) is 0.207. The van der Waals surface area contributed by atoms with E-state index in [0.717, 1.165) is 11.8 Å². The lowest BCUT2D eigenvalue weighted by Crippen LogP contribution is -2.49. The first-order valence-electron chi connectivity index (χ1n) is 12.0. The van der Waals surface area contributed by atoms with Crippen LogP contribution in [0.25, 0.3) is 0 Å². The average molecular weight is 371 g/mol. The van der Waals surface area contributed by atoms with Crippen LogP contribution in [0.4, 0.5) is 0 Å². The summed E-state index contributed by atoms with van der Waals surface area (Å²) in [5.74, 6) is 1.68. The van der Waals surface area contributed by atoms with Crippen LogP contribution < -0.4 is 0 Å². The van der Waals surface area contributed by atoms with E-state index in [9.17, 15) is 0 Å². The predicted molar refractivity (Wildman–Crippen MR) is 120 cm³/mol. The summed E-state index contributed by atoms with van der Waals surface area (Å²) in [6.45, 7) is 29.8. The molecule has 158 valence electrons. The zero-order chi connectivity index (χ0) is 20.1. The highest BCUT2D eigenvalue weighted by atomic mass is 15.3. The maximum Gasteiger partial charge on any atom is 0.0788 e. The Morgan fingerprint density at radius 1 is 0.462 bits per heavy atom. The van der Waals surface area contributed by atoms with Crippen molar-refractivity contribution in [2.24, 2.45) is 11.8 Å². The first-order valence-corrected chi connectivity index (χ1v) is 12.0. The lowest BCUT2D eigenvalue weighted by Gasteiger charge is -2.38. The zero-order valence-electron chi connectivity index (χ0n) is 19.9. The van der Waals surface area contributed by atoms with Crippen LogP contribution in [0.1, 0.15) is 93.9 Å². The van der Waals surface area contributed by atoms with Gasteiger partial charge in [0.05, 0.1) is 52.4 Å². The van der Waals surface area contributed by atoms with Crippen molar-refractivity contribution in [3.05, 3.63) is 0 Å². The molecule has 0 aliphatic rings. The van der Waals surface area contributed by atoms with Crippen LogP contribution in [0.5, 0.6) is 0 Å². The molecule has 0 fully saturated rings. The van der Waals surface area contributed by atoms with Gasteiger partial charge in [-0.15, -0.1) is 0 Å². The molecule has 0 saturated heterocycles. The Kier molecular flexibility index (Phi) is 14.0. The summed E-state index contributed by atoms with van der Waals surface area (Å²) < 4.78 is 2.69. The topological polar surface area (TPSA) is 0 Å². The molecule has 0 atom stereocenters. The minimum Gasteiger partial charge on any atom is -0.324 e. The van der Waals surface area contributed by atoms with Gasteiger partial charge in [0.15, 0.2) is 0 Å². The molecule has 0 unspecified atom stereocenters. The van der Waals surface area contributed by atoms with Crippen molar-refractivity contribution >= 4 is 0 Å². The number of hydrogen-bond donors (Lipinski definition) is 0. The Labute approximate surface area is 167 Å². The van der Waals surface area contributed by atoms with Gasteiger partial charge in [-0.1, -0.05) is 27.7 Å². The molecule has 0 bridgehead atoms. The van der Waals surface area contributed by atoms with Gasteiger partial charge in [0.1, 0.15) is 0 Å². The van der Waals surface area contributed by atoms with Gasteiger partial charge >= 0.3 is 0 Å². The minimum absolute atomic E-state index is 0.838. The molecular weight excluding hydrogens is 316 g/mol. The summed E-state index contributed by atoms with van der Waals surface area (Å²) in [6, 6.07) is 0. The van der Waals surface area contributed by atoms with Crippen LogP contribution in [-0.2, 0) is 0 Å². The average Bonchev–Trinajstić information content (AvgIpc) is 2.63. The molecule has 0 rings (SSSR count). The molecule has 26 heavy (non-hydrogen) atoms. The first-order chi connectivity index (χ1) is 12.3. The molecule has 0 heterocycles. The van der Waals surface area contributed by atoms with Gasteiger partial charge < -0.3 is 8.97 Å². The second-order valence-corrected chi connectivity index (χ2v) is 9.62. The lowest BCUT2D eigenvalue weighted by molar-refractivity contribution is -0.926. The predicted octanol–water partition coefficient (Wildman–Crippen LogP) is 6.35. The Hall–Kier alpha value is -0.0800. The van der Waals surface area contributed by atoms with Crippen LogP contribution in [0.15, 0.2) is 0 Å². The number of hydrogen-bond acceptors (Lipinski definition) is 0. The zero-order valence-corrected chi connectivity index (χ0v) is 19.9. The number of rotatable bonds is 17. The SMILES string of the molecule is CC[N+](CC)(CCCCCC[N+](CC)(CC)CCC(C)C)CCC(C)C. The van der Waals surface area contributed by atoms with Crippen molar-refractivity contribution in [3.63, 3.8) is 0 Å². The Balaban J connectivity index is 4.21.